The van der Waals surface area contributed by atoms with Crippen LogP contribution in [0.5, 0.6) is 0 Å². The first-order chi connectivity index (χ1) is 8.63. The van der Waals surface area contributed by atoms with Crippen molar-refractivity contribution < 1.29 is 0 Å². The highest BCUT2D eigenvalue weighted by Gasteiger charge is 2.05. The lowest BCUT2D eigenvalue weighted by molar-refractivity contribution is 0.323. The summed E-state index contributed by atoms with van der Waals surface area (Å²) in [5, 5.41) is 2.11. The fourth-order valence-electron chi connectivity index (χ4n) is 1.60. The highest BCUT2D eigenvalue weighted by molar-refractivity contribution is 9.10. The van der Waals surface area contributed by atoms with Crippen LogP contribution in [-0.2, 0) is 13.0 Å². The second-order valence-corrected chi connectivity index (χ2v) is 6.03. The van der Waals surface area contributed by atoms with Crippen LogP contribution >= 0.6 is 27.3 Å². The smallest absolute Gasteiger partial charge is 0.144 e. The van der Waals surface area contributed by atoms with Gasteiger partial charge in [0.2, 0.25) is 0 Å². The van der Waals surface area contributed by atoms with Gasteiger partial charge in [0.25, 0.3) is 0 Å². The average Bonchev–Trinajstić information content (AvgIpc) is 2.73. The van der Waals surface area contributed by atoms with Crippen LogP contribution in [0.25, 0.3) is 0 Å². The number of rotatable bonds is 5. The van der Waals surface area contributed by atoms with Crippen molar-refractivity contribution in [1.82, 2.24) is 14.9 Å². The fourth-order valence-corrected chi connectivity index (χ4v) is 3.04. The van der Waals surface area contributed by atoms with Gasteiger partial charge in [0, 0.05) is 27.5 Å². The van der Waals surface area contributed by atoms with Crippen molar-refractivity contribution >= 4 is 33.1 Å². The number of nitrogens with two attached hydrogens (primary N) is 1. The molecule has 4 nitrogen and oxygen atoms in total. The average molecular weight is 327 g/mol. The van der Waals surface area contributed by atoms with Gasteiger partial charge in [-0.15, -0.1) is 11.3 Å². The lowest BCUT2D eigenvalue weighted by Crippen LogP contribution is -2.22. The number of nitrogen functional groups attached to an aromatic ring is 1. The third-order valence-corrected chi connectivity index (χ3v) is 4.26. The zero-order valence-electron chi connectivity index (χ0n) is 10.1. The Kier molecular flexibility index (Phi) is 4.68. The van der Waals surface area contributed by atoms with Gasteiger partial charge in [0.1, 0.15) is 11.6 Å². The molecule has 0 aliphatic carbocycles. The largest absolute Gasteiger partial charge is 0.384 e. The minimum absolute atomic E-state index is 0.524. The Morgan fingerprint density at radius 1 is 1.50 bits per heavy atom. The van der Waals surface area contributed by atoms with Crippen LogP contribution in [0.15, 0.2) is 28.2 Å². The summed E-state index contributed by atoms with van der Waals surface area (Å²) in [6.45, 7) is 1.70. The number of thiophene rings is 1. The van der Waals surface area contributed by atoms with Gasteiger partial charge in [-0.3, -0.25) is 4.90 Å². The van der Waals surface area contributed by atoms with Gasteiger partial charge in [-0.05, 0) is 41.5 Å². The van der Waals surface area contributed by atoms with E-state index in [4.69, 9.17) is 5.73 Å². The van der Waals surface area contributed by atoms with E-state index in [2.05, 4.69) is 49.3 Å². The maximum absolute atomic E-state index is 5.63. The van der Waals surface area contributed by atoms with Crippen molar-refractivity contribution in [2.75, 3.05) is 19.3 Å². The van der Waals surface area contributed by atoms with Gasteiger partial charge in [0.05, 0.1) is 6.54 Å². The summed E-state index contributed by atoms with van der Waals surface area (Å²) in [5.74, 6) is 1.29. The SMILES string of the molecule is CN(CCc1cc(Br)cs1)Cc1nccc(N)n1. The molecule has 2 N–H and O–H groups in total. The standard InChI is InChI=1S/C12H15BrN4S/c1-17(5-3-10-6-9(13)8-18-10)7-12-15-4-2-11(14)16-12/h2,4,6,8H,3,5,7H2,1H3,(H2,14,15,16). The minimum Gasteiger partial charge on any atom is -0.384 e. The topological polar surface area (TPSA) is 55.0 Å². The molecular formula is C12H15BrN4S. The fraction of sp³-hybridized carbons (Fsp3) is 0.333. The number of anilines is 1. The molecule has 0 aliphatic heterocycles. The van der Waals surface area contributed by atoms with E-state index in [1.165, 1.54) is 4.88 Å². The molecule has 0 aromatic carbocycles. The van der Waals surface area contributed by atoms with E-state index in [-0.39, 0.29) is 0 Å². The second kappa shape index (κ2) is 6.26. The van der Waals surface area contributed by atoms with E-state index >= 15 is 0 Å². The van der Waals surface area contributed by atoms with E-state index in [0.717, 1.165) is 29.8 Å². The Balaban J connectivity index is 1.83. The predicted octanol–water partition coefficient (Wildman–Crippen LogP) is 2.56. The summed E-state index contributed by atoms with van der Waals surface area (Å²) in [4.78, 5) is 12.0. The zero-order chi connectivity index (χ0) is 13.0. The summed E-state index contributed by atoms with van der Waals surface area (Å²) in [7, 11) is 2.06. The Labute approximate surface area is 119 Å². The van der Waals surface area contributed by atoms with Crippen molar-refractivity contribution in [3.63, 3.8) is 0 Å². The lowest BCUT2D eigenvalue weighted by Gasteiger charge is -2.14. The molecule has 2 rings (SSSR count). The number of likely N-dealkylation sites (N-methyl/N-ethyl adjacent to an activating group) is 1. The molecule has 0 saturated carbocycles. The van der Waals surface area contributed by atoms with Crippen LogP contribution in [0.2, 0.25) is 0 Å². The maximum Gasteiger partial charge on any atom is 0.144 e. The molecule has 0 aliphatic rings. The summed E-state index contributed by atoms with van der Waals surface area (Å²) in [6, 6.07) is 3.86. The van der Waals surface area contributed by atoms with Crippen molar-refractivity contribution in [3.05, 3.63) is 38.9 Å². The molecule has 0 saturated heterocycles. The Morgan fingerprint density at radius 3 is 3.00 bits per heavy atom. The normalized spacial score (nSPS) is 11.1. The number of hydrogen-bond acceptors (Lipinski definition) is 5. The van der Waals surface area contributed by atoms with Crippen LogP contribution in [0.4, 0.5) is 5.82 Å². The molecular weight excluding hydrogens is 312 g/mol. The van der Waals surface area contributed by atoms with E-state index in [1.54, 1.807) is 23.6 Å². The molecule has 96 valence electrons. The van der Waals surface area contributed by atoms with Crippen LogP contribution < -0.4 is 5.73 Å². The van der Waals surface area contributed by atoms with E-state index in [0.29, 0.717) is 5.82 Å². The first-order valence-electron chi connectivity index (χ1n) is 5.62. The van der Waals surface area contributed by atoms with Gasteiger partial charge in [-0.2, -0.15) is 0 Å². The third kappa shape index (κ3) is 4.04. The molecule has 0 bridgehead atoms. The molecule has 0 amide bonds. The number of halogens is 1. The van der Waals surface area contributed by atoms with Crippen molar-refractivity contribution in [2.45, 2.75) is 13.0 Å². The number of aromatic nitrogens is 2. The van der Waals surface area contributed by atoms with Gasteiger partial charge in [-0.25, -0.2) is 9.97 Å². The Morgan fingerprint density at radius 2 is 2.33 bits per heavy atom. The molecule has 2 aromatic rings. The first kappa shape index (κ1) is 13.5. The molecule has 0 atom stereocenters. The molecule has 2 heterocycles. The molecule has 18 heavy (non-hydrogen) atoms. The van der Waals surface area contributed by atoms with Crippen LogP contribution in [0.3, 0.4) is 0 Å². The van der Waals surface area contributed by atoms with Crippen molar-refractivity contribution in [2.24, 2.45) is 0 Å². The molecule has 2 aromatic heterocycles. The van der Waals surface area contributed by atoms with Gasteiger partial charge < -0.3 is 5.73 Å². The Hall–Kier alpha value is -0.980. The predicted molar refractivity (Wildman–Crippen MR) is 78.5 cm³/mol. The molecule has 0 fully saturated rings. The highest BCUT2D eigenvalue weighted by atomic mass is 79.9. The number of nitrogens with zero attached hydrogens (tertiary/aromatic N) is 3. The first-order valence-corrected chi connectivity index (χ1v) is 7.29. The highest BCUT2D eigenvalue weighted by Crippen LogP contribution is 2.20. The number of hydrogen-bond donors (Lipinski definition) is 1. The molecule has 6 heteroatoms. The van der Waals surface area contributed by atoms with Crippen LogP contribution in [-0.4, -0.2) is 28.5 Å². The Bertz CT molecular complexity index is 514. The second-order valence-electron chi connectivity index (χ2n) is 4.12. The summed E-state index contributed by atoms with van der Waals surface area (Å²) in [6.07, 6.45) is 2.73. The monoisotopic (exact) mass is 326 g/mol. The van der Waals surface area contributed by atoms with Crippen LogP contribution in [0.1, 0.15) is 10.7 Å². The van der Waals surface area contributed by atoms with Gasteiger partial charge in [-0.1, -0.05) is 0 Å². The molecule has 0 spiro atoms. The van der Waals surface area contributed by atoms with E-state index < -0.39 is 0 Å². The third-order valence-electron chi connectivity index (χ3n) is 2.50. The van der Waals surface area contributed by atoms with Gasteiger partial charge in [0.15, 0.2) is 0 Å². The molecule has 0 unspecified atom stereocenters. The summed E-state index contributed by atoms with van der Waals surface area (Å²) >= 11 is 5.24. The maximum atomic E-state index is 5.63. The quantitative estimate of drug-likeness (QED) is 0.917. The lowest BCUT2D eigenvalue weighted by atomic mass is 10.3. The zero-order valence-corrected chi connectivity index (χ0v) is 12.5. The molecule has 0 radical (unpaired) electrons. The minimum atomic E-state index is 0.524. The van der Waals surface area contributed by atoms with Gasteiger partial charge >= 0.3 is 0 Å². The van der Waals surface area contributed by atoms with Crippen molar-refractivity contribution in [1.29, 1.82) is 0 Å². The van der Waals surface area contributed by atoms with Crippen LogP contribution in [0, 0.1) is 0 Å². The summed E-state index contributed by atoms with van der Waals surface area (Å²) in [5.41, 5.74) is 5.63. The van der Waals surface area contributed by atoms with E-state index in [1.807, 2.05) is 0 Å². The van der Waals surface area contributed by atoms with E-state index in [9.17, 15) is 0 Å². The summed E-state index contributed by atoms with van der Waals surface area (Å²) < 4.78 is 1.16. The van der Waals surface area contributed by atoms with Crippen molar-refractivity contribution in [3.8, 4) is 0 Å².